The van der Waals surface area contributed by atoms with Gasteiger partial charge in [0, 0.05) is 24.1 Å². The molecule has 0 fully saturated rings. The summed E-state index contributed by atoms with van der Waals surface area (Å²) in [6.07, 6.45) is 6.99. The topological polar surface area (TPSA) is 37.3 Å². The fourth-order valence-electron chi connectivity index (χ4n) is 3.56. The molecule has 0 saturated carbocycles. The number of benzene rings is 2. The average Bonchev–Trinajstić information content (AvgIpc) is 3.27. The molecule has 7 heteroatoms. The lowest BCUT2D eigenvalue weighted by Gasteiger charge is -2.24. The number of unbranched alkanes of at least 4 members (excludes halogenated alkanes) is 4. The van der Waals surface area contributed by atoms with E-state index in [-0.39, 0.29) is 12.2 Å². The SMILES string of the molecule is CCCCCCCN(Cc1cccn1-c1ccccc1)C(=O)Nc1ccc(F)c(F)c1F. The van der Waals surface area contributed by atoms with E-state index in [2.05, 4.69) is 12.2 Å². The molecule has 0 aliphatic heterocycles. The Morgan fingerprint density at radius 1 is 0.906 bits per heavy atom. The van der Waals surface area contributed by atoms with E-state index < -0.39 is 23.5 Å². The largest absolute Gasteiger partial charge is 0.322 e. The minimum absolute atomic E-state index is 0.285. The zero-order valence-corrected chi connectivity index (χ0v) is 18.2. The minimum atomic E-state index is -1.60. The highest BCUT2D eigenvalue weighted by molar-refractivity contribution is 5.89. The van der Waals surface area contributed by atoms with E-state index in [0.29, 0.717) is 6.54 Å². The first-order chi connectivity index (χ1) is 15.5. The second-order valence-corrected chi connectivity index (χ2v) is 7.69. The van der Waals surface area contributed by atoms with Crippen LogP contribution in [0.25, 0.3) is 5.69 Å². The van der Waals surface area contributed by atoms with Crippen LogP contribution in [-0.4, -0.2) is 22.0 Å². The van der Waals surface area contributed by atoms with Crippen LogP contribution >= 0.6 is 0 Å². The van der Waals surface area contributed by atoms with Gasteiger partial charge in [0.15, 0.2) is 17.5 Å². The Bertz CT molecular complexity index is 1020. The number of nitrogens with one attached hydrogen (secondary N) is 1. The fraction of sp³-hybridized carbons (Fsp3) is 0.320. The lowest BCUT2D eigenvalue weighted by molar-refractivity contribution is 0.206. The summed E-state index contributed by atoms with van der Waals surface area (Å²) in [4.78, 5) is 14.5. The zero-order chi connectivity index (χ0) is 22.9. The van der Waals surface area contributed by atoms with Gasteiger partial charge in [-0.1, -0.05) is 50.8 Å². The molecule has 0 radical (unpaired) electrons. The van der Waals surface area contributed by atoms with Crippen molar-refractivity contribution in [2.24, 2.45) is 0 Å². The van der Waals surface area contributed by atoms with Gasteiger partial charge in [-0.3, -0.25) is 0 Å². The van der Waals surface area contributed by atoms with Gasteiger partial charge in [0.25, 0.3) is 0 Å². The summed E-state index contributed by atoms with van der Waals surface area (Å²) in [6, 6.07) is 14.8. The highest BCUT2D eigenvalue weighted by Gasteiger charge is 2.20. The normalized spacial score (nSPS) is 10.9. The molecule has 0 saturated heterocycles. The predicted molar refractivity (Wildman–Crippen MR) is 120 cm³/mol. The number of urea groups is 1. The second kappa shape index (κ2) is 11.4. The van der Waals surface area contributed by atoms with E-state index in [9.17, 15) is 18.0 Å². The number of halogens is 3. The molecule has 0 aliphatic carbocycles. The molecule has 2 aromatic carbocycles. The quantitative estimate of drug-likeness (QED) is 0.269. The van der Waals surface area contributed by atoms with Crippen molar-refractivity contribution in [3.8, 4) is 5.69 Å². The third-order valence-electron chi connectivity index (χ3n) is 5.32. The van der Waals surface area contributed by atoms with Gasteiger partial charge in [-0.15, -0.1) is 0 Å². The maximum atomic E-state index is 14.1. The first kappa shape index (κ1) is 23.4. The molecule has 1 N–H and O–H groups in total. The van der Waals surface area contributed by atoms with Crippen molar-refractivity contribution in [3.63, 3.8) is 0 Å². The van der Waals surface area contributed by atoms with Crippen LogP contribution in [0.4, 0.5) is 23.7 Å². The first-order valence-corrected chi connectivity index (χ1v) is 10.9. The number of nitrogens with zero attached hydrogens (tertiary/aromatic N) is 2. The van der Waals surface area contributed by atoms with Gasteiger partial charge in [-0.25, -0.2) is 18.0 Å². The van der Waals surface area contributed by atoms with Crippen molar-refractivity contribution in [2.75, 3.05) is 11.9 Å². The highest BCUT2D eigenvalue weighted by atomic mass is 19.2. The van der Waals surface area contributed by atoms with E-state index in [1.54, 1.807) is 4.90 Å². The average molecular weight is 444 g/mol. The summed E-state index contributed by atoms with van der Waals surface area (Å²) < 4.78 is 42.9. The Hall–Kier alpha value is -3.22. The van der Waals surface area contributed by atoms with Gasteiger partial charge < -0.3 is 14.8 Å². The number of carbonyl (C=O) groups is 1. The molecule has 0 atom stereocenters. The molecule has 0 unspecified atom stereocenters. The van der Waals surface area contributed by atoms with Gasteiger partial charge in [0.05, 0.1) is 12.2 Å². The predicted octanol–water partition coefficient (Wildman–Crippen LogP) is 6.90. The Morgan fingerprint density at radius 3 is 2.41 bits per heavy atom. The van der Waals surface area contributed by atoms with Crippen LogP contribution in [0.2, 0.25) is 0 Å². The van der Waals surface area contributed by atoms with Crippen molar-refractivity contribution >= 4 is 11.7 Å². The molecule has 4 nitrogen and oxygen atoms in total. The molecule has 0 bridgehead atoms. The molecular formula is C25H28F3N3O. The summed E-state index contributed by atoms with van der Waals surface area (Å²) in [5, 5.41) is 2.40. The van der Waals surface area contributed by atoms with E-state index in [4.69, 9.17) is 0 Å². The van der Waals surface area contributed by atoms with Crippen LogP contribution in [-0.2, 0) is 6.54 Å². The van der Waals surface area contributed by atoms with Gasteiger partial charge in [0.2, 0.25) is 0 Å². The summed E-state index contributed by atoms with van der Waals surface area (Å²) in [5.41, 5.74) is 1.46. The summed E-state index contributed by atoms with van der Waals surface area (Å²) in [5.74, 6) is -4.31. The number of anilines is 1. The monoisotopic (exact) mass is 443 g/mol. The van der Waals surface area contributed by atoms with Crippen LogP contribution in [0.5, 0.6) is 0 Å². The number of rotatable bonds is 10. The molecule has 0 aliphatic rings. The van der Waals surface area contributed by atoms with Crippen molar-refractivity contribution in [1.82, 2.24) is 9.47 Å². The third-order valence-corrected chi connectivity index (χ3v) is 5.32. The summed E-state index contributed by atoms with van der Waals surface area (Å²) in [7, 11) is 0. The van der Waals surface area contributed by atoms with Gasteiger partial charge in [0.1, 0.15) is 0 Å². The van der Waals surface area contributed by atoms with Crippen LogP contribution < -0.4 is 5.32 Å². The number of para-hydroxylation sites is 1. The highest BCUT2D eigenvalue weighted by Crippen LogP contribution is 2.21. The third kappa shape index (κ3) is 5.93. The van der Waals surface area contributed by atoms with E-state index in [1.165, 1.54) is 0 Å². The van der Waals surface area contributed by atoms with Gasteiger partial charge >= 0.3 is 6.03 Å². The molecular weight excluding hydrogens is 415 g/mol. The van der Waals surface area contributed by atoms with E-state index >= 15 is 0 Å². The zero-order valence-electron chi connectivity index (χ0n) is 18.2. The molecule has 2 amide bonds. The molecule has 0 spiro atoms. The molecule has 32 heavy (non-hydrogen) atoms. The van der Waals surface area contributed by atoms with Gasteiger partial charge in [-0.2, -0.15) is 0 Å². The Labute approximate surface area is 186 Å². The number of carbonyl (C=O) groups excluding carboxylic acids is 1. The summed E-state index contributed by atoms with van der Waals surface area (Å²) in [6.45, 7) is 2.88. The van der Waals surface area contributed by atoms with Crippen molar-refractivity contribution in [1.29, 1.82) is 0 Å². The second-order valence-electron chi connectivity index (χ2n) is 7.69. The smallest absolute Gasteiger partial charge is 0.319 e. The van der Waals surface area contributed by atoms with Crippen LogP contribution in [0.3, 0.4) is 0 Å². The Balaban J connectivity index is 1.77. The lowest BCUT2D eigenvalue weighted by atomic mass is 10.1. The molecule has 3 aromatic rings. The van der Waals surface area contributed by atoms with Crippen LogP contribution in [0, 0.1) is 17.5 Å². The Morgan fingerprint density at radius 2 is 1.66 bits per heavy atom. The van der Waals surface area contributed by atoms with Crippen LogP contribution in [0.1, 0.15) is 44.7 Å². The lowest BCUT2D eigenvalue weighted by Crippen LogP contribution is -2.36. The summed E-state index contributed by atoms with van der Waals surface area (Å²) >= 11 is 0. The van der Waals surface area contributed by atoms with Crippen molar-refractivity contribution in [3.05, 3.63) is 83.9 Å². The maximum absolute atomic E-state index is 14.1. The molecule has 1 heterocycles. The van der Waals surface area contributed by atoms with Crippen molar-refractivity contribution in [2.45, 2.75) is 45.6 Å². The van der Waals surface area contributed by atoms with Crippen LogP contribution in [0.15, 0.2) is 60.8 Å². The molecule has 3 rings (SSSR count). The fourth-order valence-corrected chi connectivity index (χ4v) is 3.56. The standard InChI is InChI=1S/C25H28F3N3O/c1-2-3-4-5-9-16-30(25(32)29-22-15-14-21(26)23(27)24(22)28)18-20-13-10-17-31(20)19-11-7-6-8-12-19/h6-8,10-15,17H,2-5,9,16,18H2,1H3,(H,29,32). The molecule has 170 valence electrons. The first-order valence-electron chi connectivity index (χ1n) is 10.9. The maximum Gasteiger partial charge on any atom is 0.322 e. The number of hydrogen-bond donors (Lipinski definition) is 1. The number of amides is 2. The van der Waals surface area contributed by atoms with E-state index in [1.807, 2.05) is 53.2 Å². The number of aromatic nitrogens is 1. The van der Waals surface area contributed by atoms with Gasteiger partial charge in [-0.05, 0) is 42.8 Å². The minimum Gasteiger partial charge on any atom is -0.319 e. The van der Waals surface area contributed by atoms with E-state index in [0.717, 1.165) is 55.6 Å². The van der Waals surface area contributed by atoms with Crippen molar-refractivity contribution < 1.29 is 18.0 Å². The Kier molecular flexibility index (Phi) is 8.36. The molecule has 1 aromatic heterocycles. The number of hydrogen-bond acceptors (Lipinski definition) is 1.